The van der Waals surface area contributed by atoms with Gasteiger partial charge < -0.3 is 10.4 Å². The summed E-state index contributed by atoms with van der Waals surface area (Å²) in [5.41, 5.74) is 1.15. The van der Waals surface area contributed by atoms with Gasteiger partial charge in [0, 0.05) is 18.7 Å². The molecule has 0 aliphatic carbocycles. The standard InChI is InChI=1S/C9H15NO2S/c1-7(12)13-9-2-4-10-6-8(9)3-5-11/h3,9-11H,2,4-6H2,1H3. The van der Waals surface area contributed by atoms with Gasteiger partial charge in [0.25, 0.3) is 0 Å². The van der Waals surface area contributed by atoms with E-state index >= 15 is 0 Å². The second-order valence-corrected chi connectivity index (χ2v) is 4.40. The number of carbonyl (C=O) groups excluding carboxylic acids is 1. The number of carbonyl (C=O) groups is 1. The van der Waals surface area contributed by atoms with Gasteiger partial charge in [0.1, 0.15) is 0 Å². The van der Waals surface area contributed by atoms with E-state index in [-0.39, 0.29) is 17.0 Å². The Hall–Kier alpha value is -0.320. The Labute approximate surface area is 82.6 Å². The summed E-state index contributed by atoms with van der Waals surface area (Å²) >= 11 is 1.37. The molecule has 1 saturated heterocycles. The first kappa shape index (κ1) is 10.8. The predicted molar refractivity (Wildman–Crippen MR) is 54.7 cm³/mol. The molecule has 1 fully saturated rings. The van der Waals surface area contributed by atoms with E-state index in [1.54, 1.807) is 13.0 Å². The first-order chi connectivity index (χ1) is 6.24. The van der Waals surface area contributed by atoms with Crippen LogP contribution in [-0.2, 0) is 4.79 Å². The van der Waals surface area contributed by atoms with Crippen LogP contribution in [0.15, 0.2) is 11.6 Å². The first-order valence-corrected chi connectivity index (χ1v) is 5.29. The zero-order valence-electron chi connectivity index (χ0n) is 7.75. The minimum Gasteiger partial charge on any atom is -0.392 e. The summed E-state index contributed by atoms with van der Waals surface area (Å²) in [6, 6.07) is 0. The Balaban J connectivity index is 2.56. The van der Waals surface area contributed by atoms with Crippen LogP contribution < -0.4 is 5.32 Å². The summed E-state index contributed by atoms with van der Waals surface area (Å²) in [6.45, 7) is 3.40. The van der Waals surface area contributed by atoms with E-state index in [1.807, 2.05) is 0 Å². The third-order valence-electron chi connectivity index (χ3n) is 1.99. The smallest absolute Gasteiger partial charge is 0.186 e. The van der Waals surface area contributed by atoms with Crippen molar-refractivity contribution in [1.29, 1.82) is 0 Å². The molecule has 1 atom stereocenters. The number of hydrogen-bond acceptors (Lipinski definition) is 4. The van der Waals surface area contributed by atoms with E-state index in [9.17, 15) is 4.79 Å². The summed E-state index contributed by atoms with van der Waals surface area (Å²) in [4.78, 5) is 10.9. The normalized spacial score (nSPS) is 26.3. The van der Waals surface area contributed by atoms with Gasteiger partial charge in [-0.3, -0.25) is 4.79 Å². The lowest BCUT2D eigenvalue weighted by Crippen LogP contribution is -2.32. The molecule has 1 rings (SSSR count). The number of hydrogen-bond donors (Lipinski definition) is 2. The molecule has 4 heteroatoms. The molecule has 13 heavy (non-hydrogen) atoms. The van der Waals surface area contributed by atoms with E-state index in [1.165, 1.54) is 11.8 Å². The fraction of sp³-hybridized carbons (Fsp3) is 0.667. The van der Waals surface area contributed by atoms with Crippen molar-refractivity contribution in [3.05, 3.63) is 11.6 Å². The highest BCUT2D eigenvalue weighted by Gasteiger charge is 2.19. The van der Waals surface area contributed by atoms with Crippen molar-refractivity contribution in [3.63, 3.8) is 0 Å². The summed E-state index contributed by atoms with van der Waals surface area (Å²) in [5.74, 6) is 0. The predicted octanol–water partition coefficient (Wildman–Crippen LogP) is 0.547. The Morgan fingerprint density at radius 3 is 3.23 bits per heavy atom. The molecule has 0 radical (unpaired) electrons. The van der Waals surface area contributed by atoms with Crippen LogP contribution >= 0.6 is 11.8 Å². The van der Waals surface area contributed by atoms with Gasteiger partial charge in [-0.15, -0.1) is 0 Å². The Morgan fingerprint density at radius 1 is 1.85 bits per heavy atom. The summed E-state index contributed by atoms with van der Waals surface area (Å²) in [6.07, 6.45) is 2.77. The monoisotopic (exact) mass is 201 g/mol. The van der Waals surface area contributed by atoms with E-state index in [0.29, 0.717) is 0 Å². The molecule has 1 aliphatic rings. The second kappa shape index (κ2) is 5.42. The largest absolute Gasteiger partial charge is 0.392 e. The maximum Gasteiger partial charge on any atom is 0.186 e. The van der Waals surface area contributed by atoms with Crippen LogP contribution in [0.25, 0.3) is 0 Å². The van der Waals surface area contributed by atoms with E-state index < -0.39 is 0 Å². The van der Waals surface area contributed by atoms with E-state index in [0.717, 1.165) is 25.1 Å². The average Bonchev–Trinajstić information content (AvgIpc) is 2.08. The van der Waals surface area contributed by atoms with Crippen LogP contribution in [0.3, 0.4) is 0 Å². The number of rotatable bonds is 2. The van der Waals surface area contributed by atoms with Crippen molar-refractivity contribution < 1.29 is 9.90 Å². The number of piperidine rings is 1. The lowest BCUT2D eigenvalue weighted by Gasteiger charge is -2.24. The molecule has 1 aliphatic heterocycles. The van der Waals surface area contributed by atoms with Crippen molar-refractivity contribution in [3.8, 4) is 0 Å². The maximum atomic E-state index is 10.9. The van der Waals surface area contributed by atoms with Gasteiger partial charge in [-0.2, -0.15) is 0 Å². The van der Waals surface area contributed by atoms with Crippen LogP contribution in [0, 0.1) is 0 Å². The van der Waals surface area contributed by atoms with Gasteiger partial charge in [-0.25, -0.2) is 0 Å². The molecular formula is C9H15NO2S. The molecule has 1 heterocycles. The minimum absolute atomic E-state index is 0.0615. The average molecular weight is 201 g/mol. The van der Waals surface area contributed by atoms with Crippen molar-refractivity contribution in [2.45, 2.75) is 18.6 Å². The highest BCUT2D eigenvalue weighted by atomic mass is 32.2. The Morgan fingerprint density at radius 2 is 2.62 bits per heavy atom. The molecule has 0 aromatic carbocycles. The molecule has 0 aromatic heterocycles. The molecule has 74 valence electrons. The lowest BCUT2D eigenvalue weighted by molar-refractivity contribution is -0.109. The molecule has 0 aromatic rings. The molecule has 3 nitrogen and oxygen atoms in total. The second-order valence-electron chi connectivity index (χ2n) is 3.03. The molecule has 0 amide bonds. The van der Waals surface area contributed by atoms with E-state index in [4.69, 9.17) is 5.11 Å². The zero-order valence-corrected chi connectivity index (χ0v) is 8.56. The van der Waals surface area contributed by atoms with Crippen molar-refractivity contribution >= 4 is 16.9 Å². The topological polar surface area (TPSA) is 49.3 Å². The fourth-order valence-electron chi connectivity index (χ4n) is 1.42. The van der Waals surface area contributed by atoms with Gasteiger partial charge in [-0.05, 0) is 18.5 Å². The summed E-state index contributed by atoms with van der Waals surface area (Å²) < 4.78 is 0. The first-order valence-electron chi connectivity index (χ1n) is 4.41. The van der Waals surface area contributed by atoms with Crippen molar-refractivity contribution in [1.82, 2.24) is 5.32 Å². The van der Waals surface area contributed by atoms with Crippen LogP contribution in [0.1, 0.15) is 13.3 Å². The summed E-state index contributed by atoms with van der Waals surface area (Å²) in [7, 11) is 0. The molecule has 1 unspecified atom stereocenters. The van der Waals surface area contributed by atoms with Crippen molar-refractivity contribution in [2.75, 3.05) is 19.7 Å². The fourth-order valence-corrected chi connectivity index (χ4v) is 2.39. The molecule has 2 N–H and O–H groups in total. The lowest BCUT2D eigenvalue weighted by atomic mass is 10.1. The van der Waals surface area contributed by atoms with Gasteiger partial charge in [0.2, 0.25) is 0 Å². The number of nitrogens with one attached hydrogen (secondary N) is 1. The van der Waals surface area contributed by atoms with E-state index in [2.05, 4.69) is 5.32 Å². The number of thioether (sulfide) groups is 1. The zero-order chi connectivity index (χ0) is 9.68. The third kappa shape index (κ3) is 3.50. The highest BCUT2D eigenvalue weighted by Crippen LogP contribution is 2.24. The highest BCUT2D eigenvalue weighted by molar-refractivity contribution is 8.14. The Kier molecular flexibility index (Phi) is 4.48. The Bertz CT molecular complexity index is 216. The van der Waals surface area contributed by atoms with Crippen molar-refractivity contribution in [2.24, 2.45) is 0 Å². The van der Waals surface area contributed by atoms with Crippen LogP contribution in [0.5, 0.6) is 0 Å². The number of aliphatic hydroxyl groups is 1. The third-order valence-corrected chi connectivity index (χ3v) is 3.14. The minimum atomic E-state index is 0.0615. The van der Waals surface area contributed by atoms with Gasteiger partial charge >= 0.3 is 0 Å². The van der Waals surface area contributed by atoms with Gasteiger partial charge in [0.05, 0.1) is 6.61 Å². The van der Waals surface area contributed by atoms with Crippen LogP contribution in [-0.4, -0.2) is 35.2 Å². The van der Waals surface area contributed by atoms with Gasteiger partial charge in [-0.1, -0.05) is 17.8 Å². The van der Waals surface area contributed by atoms with Crippen LogP contribution in [0.2, 0.25) is 0 Å². The quantitative estimate of drug-likeness (QED) is 0.640. The maximum absolute atomic E-state index is 10.9. The molecule has 0 bridgehead atoms. The summed E-state index contributed by atoms with van der Waals surface area (Å²) in [5, 5.41) is 12.4. The molecule has 0 saturated carbocycles. The van der Waals surface area contributed by atoms with Gasteiger partial charge in [0.15, 0.2) is 5.12 Å². The molecule has 0 spiro atoms. The van der Waals surface area contributed by atoms with Crippen LogP contribution in [0.4, 0.5) is 0 Å². The molecular weight excluding hydrogens is 186 g/mol. The SMILES string of the molecule is CC(=O)SC1CCNCC1=CCO. The number of aliphatic hydroxyl groups excluding tert-OH is 1.